The van der Waals surface area contributed by atoms with Crippen molar-refractivity contribution >= 4 is 17.5 Å². The number of hydrogen-bond acceptors (Lipinski definition) is 4. The number of nitrogens with zero attached hydrogens (tertiary/aromatic N) is 1. The first-order chi connectivity index (χ1) is 11.5. The standard InChI is InChI=1S/C18H26N2O4/c1-13-4-5-17(23-3)16(12-13)20(14(2)21)9-8-19-18(22)15-6-10-24-11-7-15/h4-5,12,15H,6-11H2,1-3H3,(H,19,22). The van der Waals surface area contributed by atoms with Gasteiger partial charge in [-0.2, -0.15) is 0 Å². The molecule has 0 bridgehead atoms. The van der Waals surface area contributed by atoms with Crippen LogP contribution in [0.4, 0.5) is 5.69 Å². The van der Waals surface area contributed by atoms with Crippen molar-refractivity contribution in [2.45, 2.75) is 26.7 Å². The summed E-state index contributed by atoms with van der Waals surface area (Å²) in [6.45, 7) is 5.57. The number of aryl methyl sites for hydroxylation is 1. The molecule has 0 unspecified atom stereocenters. The van der Waals surface area contributed by atoms with Gasteiger partial charge in [-0.3, -0.25) is 9.59 Å². The van der Waals surface area contributed by atoms with Crippen LogP contribution in [0.5, 0.6) is 5.75 Å². The van der Waals surface area contributed by atoms with Gasteiger partial charge in [-0.1, -0.05) is 6.07 Å². The zero-order chi connectivity index (χ0) is 17.5. The fourth-order valence-electron chi connectivity index (χ4n) is 2.85. The lowest BCUT2D eigenvalue weighted by atomic mass is 9.99. The minimum absolute atomic E-state index is 0.0121. The quantitative estimate of drug-likeness (QED) is 0.863. The number of ether oxygens (including phenoxy) is 2. The van der Waals surface area contributed by atoms with Crippen molar-refractivity contribution in [2.75, 3.05) is 38.3 Å². The van der Waals surface area contributed by atoms with Crippen molar-refractivity contribution in [3.8, 4) is 5.75 Å². The summed E-state index contributed by atoms with van der Waals surface area (Å²) in [5.41, 5.74) is 1.77. The van der Waals surface area contributed by atoms with Crippen LogP contribution in [0.1, 0.15) is 25.3 Å². The van der Waals surface area contributed by atoms with E-state index in [2.05, 4.69) is 5.32 Å². The molecule has 6 heteroatoms. The van der Waals surface area contributed by atoms with E-state index in [0.29, 0.717) is 32.1 Å². The molecule has 0 radical (unpaired) electrons. The van der Waals surface area contributed by atoms with Crippen molar-refractivity contribution in [3.63, 3.8) is 0 Å². The third-order valence-corrected chi connectivity index (χ3v) is 4.23. The van der Waals surface area contributed by atoms with Crippen molar-refractivity contribution in [1.29, 1.82) is 0 Å². The predicted molar refractivity (Wildman–Crippen MR) is 92.3 cm³/mol. The number of rotatable bonds is 6. The molecular formula is C18H26N2O4. The summed E-state index contributed by atoms with van der Waals surface area (Å²) >= 11 is 0. The number of hydrogen-bond donors (Lipinski definition) is 1. The van der Waals surface area contributed by atoms with Crippen LogP contribution in [-0.4, -0.2) is 45.2 Å². The average molecular weight is 334 g/mol. The Morgan fingerprint density at radius 3 is 2.67 bits per heavy atom. The van der Waals surface area contributed by atoms with Crippen molar-refractivity contribution in [3.05, 3.63) is 23.8 Å². The van der Waals surface area contributed by atoms with Gasteiger partial charge in [0.05, 0.1) is 12.8 Å². The fraction of sp³-hybridized carbons (Fsp3) is 0.556. The van der Waals surface area contributed by atoms with Gasteiger partial charge in [0.1, 0.15) is 5.75 Å². The third-order valence-electron chi connectivity index (χ3n) is 4.23. The average Bonchev–Trinajstić information content (AvgIpc) is 2.59. The first-order valence-corrected chi connectivity index (χ1v) is 8.31. The van der Waals surface area contributed by atoms with Crippen LogP contribution in [0.2, 0.25) is 0 Å². The van der Waals surface area contributed by atoms with Gasteiger partial charge in [0.15, 0.2) is 0 Å². The predicted octanol–water partition coefficient (Wildman–Crippen LogP) is 1.90. The number of nitrogens with one attached hydrogen (secondary N) is 1. The Bertz CT molecular complexity index is 582. The number of amides is 2. The van der Waals surface area contributed by atoms with E-state index >= 15 is 0 Å². The van der Waals surface area contributed by atoms with Crippen LogP contribution in [-0.2, 0) is 14.3 Å². The lowest BCUT2D eigenvalue weighted by molar-refractivity contribution is -0.127. The highest BCUT2D eigenvalue weighted by atomic mass is 16.5. The van der Waals surface area contributed by atoms with Gasteiger partial charge in [-0.25, -0.2) is 0 Å². The normalized spacial score (nSPS) is 15.0. The second-order valence-corrected chi connectivity index (χ2v) is 6.02. The smallest absolute Gasteiger partial charge is 0.224 e. The van der Waals surface area contributed by atoms with Gasteiger partial charge in [0.25, 0.3) is 0 Å². The maximum absolute atomic E-state index is 12.2. The largest absolute Gasteiger partial charge is 0.495 e. The molecule has 0 spiro atoms. The van der Waals surface area contributed by atoms with Gasteiger partial charge in [0.2, 0.25) is 11.8 Å². The SMILES string of the molecule is COc1ccc(C)cc1N(CCNC(=O)C1CCOCC1)C(C)=O. The maximum atomic E-state index is 12.2. The Morgan fingerprint density at radius 2 is 2.04 bits per heavy atom. The van der Waals surface area contributed by atoms with Gasteiger partial charge >= 0.3 is 0 Å². The van der Waals surface area contributed by atoms with Crippen molar-refractivity contribution < 1.29 is 19.1 Å². The molecule has 1 saturated heterocycles. The van der Waals surface area contributed by atoms with E-state index in [1.54, 1.807) is 12.0 Å². The van der Waals surface area contributed by atoms with Crippen molar-refractivity contribution in [2.24, 2.45) is 5.92 Å². The zero-order valence-electron chi connectivity index (χ0n) is 14.6. The van der Waals surface area contributed by atoms with E-state index in [9.17, 15) is 9.59 Å². The van der Waals surface area contributed by atoms with Crippen LogP contribution in [0, 0.1) is 12.8 Å². The zero-order valence-corrected chi connectivity index (χ0v) is 14.6. The minimum Gasteiger partial charge on any atom is -0.495 e. The summed E-state index contributed by atoms with van der Waals surface area (Å²) in [5.74, 6) is 0.613. The van der Waals surface area contributed by atoms with E-state index in [4.69, 9.17) is 9.47 Å². The van der Waals surface area contributed by atoms with Crippen LogP contribution < -0.4 is 15.0 Å². The lowest BCUT2D eigenvalue weighted by Crippen LogP contribution is -2.40. The lowest BCUT2D eigenvalue weighted by Gasteiger charge is -2.25. The van der Waals surface area contributed by atoms with E-state index in [1.165, 1.54) is 6.92 Å². The summed E-state index contributed by atoms with van der Waals surface area (Å²) in [7, 11) is 1.58. The first kappa shape index (κ1) is 18.3. The van der Waals surface area contributed by atoms with Gasteiger partial charge < -0.3 is 19.7 Å². The summed E-state index contributed by atoms with van der Waals surface area (Å²) in [5, 5.41) is 2.93. The minimum atomic E-state index is -0.0841. The Balaban J connectivity index is 1.98. The number of carbonyl (C=O) groups excluding carboxylic acids is 2. The highest BCUT2D eigenvalue weighted by Crippen LogP contribution is 2.29. The van der Waals surface area contributed by atoms with Gasteiger partial charge in [-0.15, -0.1) is 0 Å². The van der Waals surface area contributed by atoms with Crippen LogP contribution >= 0.6 is 0 Å². The highest BCUT2D eigenvalue weighted by molar-refractivity contribution is 5.93. The van der Waals surface area contributed by atoms with Crippen LogP contribution in [0.3, 0.4) is 0 Å². The first-order valence-electron chi connectivity index (χ1n) is 8.31. The number of benzene rings is 1. The summed E-state index contributed by atoms with van der Waals surface area (Å²) in [6.07, 6.45) is 1.52. The molecule has 0 atom stereocenters. The molecule has 1 fully saturated rings. The Kier molecular flexibility index (Phi) is 6.61. The molecule has 132 valence electrons. The molecule has 1 N–H and O–H groups in total. The molecule has 6 nitrogen and oxygen atoms in total. The van der Waals surface area contributed by atoms with E-state index in [0.717, 1.165) is 24.1 Å². The summed E-state index contributed by atoms with van der Waals surface area (Å²) in [6, 6.07) is 5.70. The molecule has 1 heterocycles. The Hall–Kier alpha value is -2.08. The van der Waals surface area contributed by atoms with Crippen LogP contribution in [0.25, 0.3) is 0 Å². The monoisotopic (exact) mass is 334 g/mol. The molecular weight excluding hydrogens is 308 g/mol. The molecule has 1 aromatic rings. The number of methoxy groups -OCH3 is 1. The molecule has 0 aliphatic carbocycles. The molecule has 1 aliphatic rings. The van der Waals surface area contributed by atoms with E-state index in [1.807, 2.05) is 25.1 Å². The number of carbonyl (C=O) groups is 2. The maximum Gasteiger partial charge on any atom is 0.224 e. The second-order valence-electron chi connectivity index (χ2n) is 6.02. The number of anilines is 1. The topological polar surface area (TPSA) is 67.9 Å². The molecule has 0 saturated carbocycles. The molecule has 0 aromatic heterocycles. The highest BCUT2D eigenvalue weighted by Gasteiger charge is 2.22. The molecule has 1 aromatic carbocycles. The van der Waals surface area contributed by atoms with Gasteiger partial charge in [-0.05, 0) is 37.5 Å². The van der Waals surface area contributed by atoms with E-state index in [-0.39, 0.29) is 17.7 Å². The molecule has 24 heavy (non-hydrogen) atoms. The summed E-state index contributed by atoms with van der Waals surface area (Å²) in [4.78, 5) is 25.8. The van der Waals surface area contributed by atoms with Crippen LogP contribution in [0.15, 0.2) is 18.2 Å². The molecule has 2 rings (SSSR count). The fourth-order valence-corrected chi connectivity index (χ4v) is 2.85. The Labute approximate surface area is 143 Å². The van der Waals surface area contributed by atoms with Crippen molar-refractivity contribution in [1.82, 2.24) is 5.32 Å². The van der Waals surface area contributed by atoms with E-state index < -0.39 is 0 Å². The third kappa shape index (κ3) is 4.71. The molecule has 1 aliphatic heterocycles. The molecule has 2 amide bonds. The van der Waals surface area contributed by atoms with Gasteiger partial charge in [0, 0.05) is 39.1 Å². The second kappa shape index (κ2) is 8.68. The summed E-state index contributed by atoms with van der Waals surface area (Å²) < 4.78 is 10.6. The Morgan fingerprint density at radius 1 is 1.33 bits per heavy atom.